The average Bonchev–Trinajstić information content (AvgIpc) is 3.02. The van der Waals surface area contributed by atoms with Gasteiger partial charge in [-0.2, -0.15) is 0 Å². The summed E-state index contributed by atoms with van der Waals surface area (Å²) in [5.74, 6) is 0.559. The molecule has 0 unspecified atom stereocenters. The van der Waals surface area contributed by atoms with E-state index in [2.05, 4.69) is 4.99 Å². The van der Waals surface area contributed by atoms with Crippen molar-refractivity contribution in [1.82, 2.24) is 4.90 Å². The molecule has 1 aliphatic rings. The Balaban J connectivity index is 1.70. The second-order valence-corrected chi connectivity index (χ2v) is 6.41. The van der Waals surface area contributed by atoms with Crippen LogP contribution >= 0.6 is 0 Å². The van der Waals surface area contributed by atoms with Crippen LogP contribution in [0.25, 0.3) is 0 Å². The summed E-state index contributed by atoms with van der Waals surface area (Å²) in [6, 6.07) is 12.5. The number of benzene rings is 2. The molecule has 1 saturated heterocycles. The number of phenols is 1. The summed E-state index contributed by atoms with van der Waals surface area (Å²) < 4.78 is 0. The average molecular weight is 368 g/mol. The van der Waals surface area contributed by atoms with Crippen LogP contribution in [0.5, 0.6) is 5.75 Å². The fourth-order valence-electron chi connectivity index (χ4n) is 3.05. The zero-order valence-corrected chi connectivity index (χ0v) is 14.6. The number of carbonyl (C=O) groups excluding carboxylic acids is 1. The Labute approximate surface area is 156 Å². The topological polar surface area (TPSA) is 122 Å². The van der Waals surface area contributed by atoms with Crippen LogP contribution in [0.1, 0.15) is 24.0 Å². The molecule has 0 bridgehead atoms. The number of carbonyl (C=O) groups is 1. The third kappa shape index (κ3) is 4.41. The van der Waals surface area contributed by atoms with Gasteiger partial charge in [0.2, 0.25) is 5.91 Å². The lowest BCUT2D eigenvalue weighted by molar-refractivity contribution is -0.384. The first-order valence-electron chi connectivity index (χ1n) is 8.54. The van der Waals surface area contributed by atoms with E-state index in [4.69, 9.17) is 5.73 Å². The second-order valence-electron chi connectivity index (χ2n) is 6.41. The number of hydrogen-bond donors (Lipinski definition) is 2. The van der Waals surface area contributed by atoms with Crippen LogP contribution in [0.3, 0.4) is 0 Å². The highest BCUT2D eigenvalue weighted by molar-refractivity contribution is 5.93. The van der Waals surface area contributed by atoms with E-state index in [1.807, 2.05) is 0 Å². The number of nitrogens with two attached hydrogens (primary N) is 1. The number of amides is 1. The lowest BCUT2D eigenvalue weighted by atomic mass is 10.1. The molecule has 140 valence electrons. The zero-order valence-electron chi connectivity index (χ0n) is 14.6. The van der Waals surface area contributed by atoms with Crippen molar-refractivity contribution >= 4 is 17.4 Å². The van der Waals surface area contributed by atoms with Gasteiger partial charge in [-0.3, -0.25) is 19.9 Å². The van der Waals surface area contributed by atoms with Crippen LogP contribution in [-0.2, 0) is 17.9 Å². The van der Waals surface area contributed by atoms with Gasteiger partial charge in [0.05, 0.1) is 17.5 Å². The van der Waals surface area contributed by atoms with Gasteiger partial charge in [0.25, 0.3) is 5.69 Å². The third-order valence-corrected chi connectivity index (χ3v) is 4.55. The summed E-state index contributed by atoms with van der Waals surface area (Å²) in [5.41, 5.74) is 7.86. The number of nitro benzene ring substituents is 1. The Bertz CT molecular complexity index is 862. The monoisotopic (exact) mass is 368 g/mol. The predicted molar refractivity (Wildman–Crippen MR) is 100 cm³/mol. The van der Waals surface area contributed by atoms with Crippen LogP contribution in [-0.4, -0.2) is 32.7 Å². The molecule has 0 spiro atoms. The van der Waals surface area contributed by atoms with Gasteiger partial charge in [-0.1, -0.05) is 24.3 Å². The largest absolute Gasteiger partial charge is 0.508 e. The highest BCUT2D eigenvalue weighted by Crippen LogP contribution is 2.23. The number of rotatable bonds is 6. The number of amidine groups is 1. The van der Waals surface area contributed by atoms with Crippen molar-refractivity contribution in [3.63, 3.8) is 0 Å². The fraction of sp³-hybridized carbons (Fsp3) is 0.263. The molecule has 0 aromatic heterocycles. The number of nitro groups is 1. The standard InChI is InChI=1S/C19H20N4O4/c20-19(21-11-13-3-7-16(24)8-4-13)17-9-10-18(25)22(17)12-14-1-5-15(6-2-14)23(26)27/h1-8,17,24H,9-12H2,(H2,20,21)/t17-/m0/s1. The highest BCUT2D eigenvalue weighted by Gasteiger charge is 2.33. The summed E-state index contributed by atoms with van der Waals surface area (Å²) >= 11 is 0. The van der Waals surface area contributed by atoms with E-state index in [1.54, 1.807) is 41.3 Å². The molecule has 8 nitrogen and oxygen atoms in total. The molecule has 1 amide bonds. The quantitative estimate of drug-likeness (QED) is 0.351. The maximum absolute atomic E-state index is 12.3. The Morgan fingerprint density at radius 3 is 2.44 bits per heavy atom. The summed E-state index contributed by atoms with van der Waals surface area (Å²) in [6.07, 6.45) is 0.990. The van der Waals surface area contributed by atoms with Crippen molar-refractivity contribution in [1.29, 1.82) is 0 Å². The zero-order chi connectivity index (χ0) is 19.4. The molecule has 0 saturated carbocycles. The molecule has 27 heavy (non-hydrogen) atoms. The molecule has 0 aliphatic carbocycles. The second kappa shape index (κ2) is 7.86. The van der Waals surface area contributed by atoms with Gasteiger partial charge in [0.1, 0.15) is 11.6 Å². The summed E-state index contributed by atoms with van der Waals surface area (Å²) in [5, 5.41) is 20.1. The molecule has 8 heteroatoms. The smallest absolute Gasteiger partial charge is 0.269 e. The van der Waals surface area contributed by atoms with Gasteiger partial charge in [0, 0.05) is 25.1 Å². The van der Waals surface area contributed by atoms with Gasteiger partial charge >= 0.3 is 0 Å². The molecular formula is C19H20N4O4. The minimum absolute atomic E-state index is 0.0121. The molecule has 2 aromatic rings. The van der Waals surface area contributed by atoms with E-state index in [0.717, 1.165) is 11.1 Å². The third-order valence-electron chi connectivity index (χ3n) is 4.55. The minimum atomic E-state index is -0.457. The van der Waals surface area contributed by atoms with Gasteiger partial charge < -0.3 is 15.7 Å². The Hall–Kier alpha value is -3.42. The maximum atomic E-state index is 12.3. The molecule has 1 heterocycles. The van der Waals surface area contributed by atoms with Crippen LogP contribution in [0.15, 0.2) is 53.5 Å². The number of aromatic hydroxyl groups is 1. The number of aliphatic imine (C=N–C) groups is 1. The van der Waals surface area contributed by atoms with Crippen LogP contribution in [0.2, 0.25) is 0 Å². The van der Waals surface area contributed by atoms with E-state index in [-0.39, 0.29) is 23.4 Å². The SMILES string of the molecule is NC(=NCc1ccc(O)cc1)[C@@H]1CCC(=O)N1Cc1ccc([N+](=O)[O-])cc1. The Morgan fingerprint density at radius 2 is 1.81 bits per heavy atom. The predicted octanol–water partition coefficient (Wildman–Crippen LogP) is 2.35. The summed E-state index contributed by atoms with van der Waals surface area (Å²) in [4.78, 5) is 28.6. The fourth-order valence-corrected chi connectivity index (χ4v) is 3.05. The molecule has 1 atom stereocenters. The number of non-ortho nitro benzene ring substituents is 1. The number of hydrogen-bond acceptors (Lipinski definition) is 5. The first-order chi connectivity index (χ1) is 12.9. The van der Waals surface area contributed by atoms with Crippen molar-refractivity contribution in [3.8, 4) is 5.75 Å². The van der Waals surface area contributed by atoms with Crippen LogP contribution in [0.4, 0.5) is 5.69 Å². The van der Waals surface area contributed by atoms with E-state index in [1.165, 1.54) is 12.1 Å². The van der Waals surface area contributed by atoms with Crippen molar-refractivity contribution in [2.24, 2.45) is 10.7 Å². The van der Waals surface area contributed by atoms with Gasteiger partial charge in [-0.05, 0) is 29.7 Å². The Morgan fingerprint density at radius 1 is 1.19 bits per heavy atom. The molecule has 2 aromatic carbocycles. The number of nitrogens with zero attached hydrogens (tertiary/aromatic N) is 3. The molecule has 1 aliphatic heterocycles. The number of phenolic OH excluding ortho intramolecular Hbond substituents is 1. The van der Waals surface area contributed by atoms with Crippen molar-refractivity contribution < 1.29 is 14.8 Å². The first-order valence-corrected chi connectivity index (χ1v) is 8.54. The molecule has 3 rings (SSSR count). The van der Waals surface area contributed by atoms with E-state index < -0.39 is 4.92 Å². The van der Waals surface area contributed by atoms with Crippen molar-refractivity contribution in [2.75, 3.05) is 0 Å². The molecule has 1 fully saturated rings. The van der Waals surface area contributed by atoms with E-state index >= 15 is 0 Å². The summed E-state index contributed by atoms with van der Waals surface area (Å²) in [7, 11) is 0. The molecule has 0 radical (unpaired) electrons. The van der Waals surface area contributed by atoms with Gasteiger partial charge in [-0.15, -0.1) is 0 Å². The normalized spacial score (nSPS) is 17.3. The first kappa shape index (κ1) is 18.4. The van der Waals surface area contributed by atoms with Crippen molar-refractivity contribution in [2.45, 2.75) is 32.0 Å². The highest BCUT2D eigenvalue weighted by atomic mass is 16.6. The van der Waals surface area contributed by atoms with Crippen molar-refractivity contribution in [3.05, 3.63) is 69.8 Å². The lowest BCUT2D eigenvalue weighted by Crippen LogP contribution is -2.42. The Kier molecular flexibility index (Phi) is 5.35. The number of likely N-dealkylation sites (tertiary alicyclic amines) is 1. The van der Waals surface area contributed by atoms with E-state index in [0.29, 0.717) is 31.8 Å². The molecular weight excluding hydrogens is 348 g/mol. The molecule has 3 N–H and O–H groups in total. The maximum Gasteiger partial charge on any atom is 0.269 e. The van der Waals surface area contributed by atoms with Gasteiger partial charge in [-0.25, -0.2) is 0 Å². The lowest BCUT2D eigenvalue weighted by Gasteiger charge is -2.24. The van der Waals surface area contributed by atoms with Gasteiger partial charge in [0.15, 0.2) is 0 Å². The van der Waals surface area contributed by atoms with E-state index in [9.17, 15) is 20.0 Å². The minimum Gasteiger partial charge on any atom is -0.508 e. The summed E-state index contributed by atoms with van der Waals surface area (Å²) in [6.45, 7) is 0.694. The van der Waals surface area contributed by atoms with Crippen LogP contribution in [0, 0.1) is 10.1 Å². The van der Waals surface area contributed by atoms with Crippen LogP contribution < -0.4 is 5.73 Å².